The Balaban J connectivity index is 1.41. The second-order valence-electron chi connectivity index (χ2n) is 6.96. The van der Waals surface area contributed by atoms with Crippen molar-refractivity contribution in [3.05, 3.63) is 59.3 Å². The smallest absolute Gasteiger partial charge is 0.273 e. The summed E-state index contributed by atoms with van der Waals surface area (Å²) < 4.78 is 5.34. The van der Waals surface area contributed by atoms with Crippen molar-refractivity contribution in [2.45, 2.75) is 19.8 Å². The van der Waals surface area contributed by atoms with Gasteiger partial charge in [-0.3, -0.25) is 9.59 Å². The summed E-state index contributed by atoms with van der Waals surface area (Å²) >= 11 is 1.38. The number of piperidine rings is 1. The molecule has 1 atom stereocenters. The molecule has 0 aliphatic carbocycles. The fourth-order valence-electron chi connectivity index (χ4n) is 3.30. The Hall–Kier alpha value is -2.93. The SMILES string of the molecule is Cc1ccc(NC(=O)C2CCCN(C(=O)c3csc(-c4ccco4)n3)C2)cc1. The first-order valence-corrected chi connectivity index (χ1v) is 10.1. The number of nitrogens with one attached hydrogen (secondary N) is 1. The lowest BCUT2D eigenvalue weighted by atomic mass is 9.96. The Morgan fingerprint density at radius 2 is 2.07 bits per heavy atom. The summed E-state index contributed by atoms with van der Waals surface area (Å²) in [5.74, 6) is 0.248. The van der Waals surface area contributed by atoms with Crippen LogP contribution in [-0.2, 0) is 4.79 Å². The maximum atomic E-state index is 12.9. The van der Waals surface area contributed by atoms with Crippen molar-refractivity contribution in [1.29, 1.82) is 0 Å². The number of benzene rings is 1. The highest BCUT2D eigenvalue weighted by atomic mass is 32.1. The Labute approximate surface area is 167 Å². The van der Waals surface area contributed by atoms with E-state index in [9.17, 15) is 9.59 Å². The highest BCUT2D eigenvalue weighted by molar-refractivity contribution is 7.13. The maximum absolute atomic E-state index is 12.9. The summed E-state index contributed by atoms with van der Waals surface area (Å²) in [6.07, 6.45) is 3.16. The number of hydrogen-bond donors (Lipinski definition) is 1. The summed E-state index contributed by atoms with van der Waals surface area (Å²) in [5, 5.41) is 5.38. The van der Waals surface area contributed by atoms with Crippen LogP contribution in [0.15, 0.2) is 52.5 Å². The number of likely N-dealkylation sites (tertiary alicyclic amines) is 1. The fraction of sp³-hybridized carbons (Fsp3) is 0.286. The van der Waals surface area contributed by atoms with Crippen molar-refractivity contribution in [1.82, 2.24) is 9.88 Å². The molecule has 0 bridgehead atoms. The van der Waals surface area contributed by atoms with E-state index < -0.39 is 0 Å². The van der Waals surface area contributed by atoms with E-state index in [2.05, 4.69) is 10.3 Å². The normalized spacial score (nSPS) is 16.8. The molecule has 1 fully saturated rings. The minimum atomic E-state index is -0.220. The van der Waals surface area contributed by atoms with Gasteiger partial charge >= 0.3 is 0 Å². The van der Waals surface area contributed by atoms with Crippen LogP contribution in [0.25, 0.3) is 10.8 Å². The number of amides is 2. The van der Waals surface area contributed by atoms with Crippen LogP contribution >= 0.6 is 11.3 Å². The van der Waals surface area contributed by atoms with Gasteiger partial charge in [-0.05, 0) is 44.0 Å². The first-order chi connectivity index (χ1) is 13.6. The van der Waals surface area contributed by atoms with Gasteiger partial charge < -0.3 is 14.6 Å². The molecule has 4 rings (SSSR count). The summed E-state index contributed by atoms with van der Waals surface area (Å²) in [6.45, 7) is 3.05. The molecule has 7 heteroatoms. The van der Waals surface area contributed by atoms with Crippen LogP contribution in [-0.4, -0.2) is 34.8 Å². The molecular formula is C21H21N3O3S. The molecule has 6 nitrogen and oxygen atoms in total. The van der Waals surface area contributed by atoms with E-state index in [0.717, 1.165) is 24.1 Å². The van der Waals surface area contributed by atoms with Crippen molar-refractivity contribution < 1.29 is 14.0 Å². The second kappa shape index (κ2) is 7.98. The summed E-state index contributed by atoms with van der Waals surface area (Å²) in [7, 11) is 0. The third kappa shape index (κ3) is 3.99. The fourth-order valence-corrected chi connectivity index (χ4v) is 4.06. The zero-order valence-electron chi connectivity index (χ0n) is 15.6. The van der Waals surface area contributed by atoms with E-state index in [1.807, 2.05) is 37.3 Å². The number of aromatic nitrogens is 1. The van der Waals surface area contributed by atoms with E-state index in [1.165, 1.54) is 11.3 Å². The average Bonchev–Trinajstić information content (AvgIpc) is 3.41. The molecule has 0 radical (unpaired) electrons. The summed E-state index contributed by atoms with van der Waals surface area (Å²) in [6, 6.07) is 11.3. The van der Waals surface area contributed by atoms with Crippen LogP contribution in [0.5, 0.6) is 0 Å². The third-order valence-corrected chi connectivity index (χ3v) is 5.71. The minimum Gasteiger partial charge on any atom is -0.462 e. The molecule has 28 heavy (non-hydrogen) atoms. The van der Waals surface area contributed by atoms with Crippen LogP contribution in [0.4, 0.5) is 5.69 Å². The second-order valence-corrected chi connectivity index (χ2v) is 7.82. The summed E-state index contributed by atoms with van der Waals surface area (Å²) in [5.41, 5.74) is 2.32. The molecule has 1 unspecified atom stereocenters. The predicted molar refractivity (Wildman–Crippen MR) is 108 cm³/mol. The molecule has 3 heterocycles. The van der Waals surface area contributed by atoms with E-state index in [0.29, 0.717) is 29.6 Å². The number of nitrogens with zero attached hydrogens (tertiary/aromatic N) is 2. The van der Waals surface area contributed by atoms with Crippen molar-refractivity contribution in [3.8, 4) is 10.8 Å². The topological polar surface area (TPSA) is 75.4 Å². The number of furan rings is 1. The van der Waals surface area contributed by atoms with Gasteiger partial charge in [-0.1, -0.05) is 17.7 Å². The molecule has 2 aromatic heterocycles. The molecule has 3 aromatic rings. The molecule has 1 aliphatic heterocycles. The van der Waals surface area contributed by atoms with Gasteiger partial charge in [-0.2, -0.15) is 0 Å². The zero-order chi connectivity index (χ0) is 19.5. The number of aryl methyl sites for hydroxylation is 1. The predicted octanol–water partition coefficient (Wildman–Crippen LogP) is 4.20. The zero-order valence-corrected chi connectivity index (χ0v) is 16.4. The monoisotopic (exact) mass is 395 g/mol. The van der Waals surface area contributed by atoms with Crippen LogP contribution in [0.1, 0.15) is 28.9 Å². The van der Waals surface area contributed by atoms with Gasteiger partial charge in [0.1, 0.15) is 5.69 Å². The first-order valence-electron chi connectivity index (χ1n) is 9.26. The Morgan fingerprint density at radius 1 is 1.25 bits per heavy atom. The molecule has 1 saturated heterocycles. The van der Waals surface area contributed by atoms with Crippen molar-refractivity contribution in [2.24, 2.45) is 5.92 Å². The Morgan fingerprint density at radius 3 is 2.82 bits per heavy atom. The molecule has 1 N–H and O–H groups in total. The first kappa shape index (κ1) is 18.4. The third-order valence-electron chi connectivity index (χ3n) is 4.85. The number of rotatable bonds is 4. The lowest BCUT2D eigenvalue weighted by molar-refractivity contribution is -0.121. The number of carbonyl (C=O) groups is 2. The van der Waals surface area contributed by atoms with E-state index in [4.69, 9.17) is 4.42 Å². The largest absolute Gasteiger partial charge is 0.462 e. The standard InChI is InChI=1S/C21H21N3O3S/c1-14-6-8-16(9-7-14)22-19(25)15-4-2-10-24(12-15)21(26)17-13-28-20(23-17)18-5-3-11-27-18/h3,5-9,11,13,15H,2,4,10,12H2,1H3,(H,22,25). The molecule has 144 valence electrons. The highest BCUT2D eigenvalue weighted by Crippen LogP contribution is 2.26. The van der Waals surface area contributed by atoms with Gasteiger partial charge in [0.05, 0.1) is 12.2 Å². The highest BCUT2D eigenvalue weighted by Gasteiger charge is 2.30. The van der Waals surface area contributed by atoms with Crippen LogP contribution in [0.2, 0.25) is 0 Å². The molecule has 0 spiro atoms. The minimum absolute atomic E-state index is 0.0455. The van der Waals surface area contributed by atoms with E-state index in [1.54, 1.807) is 22.6 Å². The molecular weight excluding hydrogens is 374 g/mol. The van der Waals surface area contributed by atoms with Gasteiger partial charge in [0.15, 0.2) is 10.8 Å². The quantitative estimate of drug-likeness (QED) is 0.718. The molecule has 1 aliphatic rings. The van der Waals surface area contributed by atoms with Crippen LogP contribution < -0.4 is 5.32 Å². The number of hydrogen-bond acceptors (Lipinski definition) is 5. The van der Waals surface area contributed by atoms with E-state index >= 15 is 0 Å². The maximum Gasteiger partial charge on any atom is 0.273 e. The average molecular weight is 395 g/mol. The van der Waals surface area contributed by atoms with E-state index in [-0.39, 0.29) is 17.7 Å². The summed E-state index contributed by atoms with van der Waals surface area (Å²) in [4.78, 5) is 31.6. The van der Waals surface area contributed by atoms with Gasteiger partial charge in [-0.15, -0.1) is 11.3 Å². The van der Waals surface area contributed by atoms with Crippen molar-refractivity contribution in [2.75, 3.05) is 18.4 Å². The lowest BCUT2D eigenvalue weighted by Crippen LogP contribution is -2.43. The lowest BCUT2D eigenvalue weighted by Gasteiger charge is -2.31. The Bertz CT molecular complexity index is 963. The number of anilines is 1. The number of thiazole rings is 1. The number of carbonyl (C=O) groups excluding carboxylic acids is 2. The van der Waals surface area contributed by atoms with Crippen LogP contribution in [0.3, 0.4) is 0 Å². The Kier molecular flexibility index (Phi) is 5.25. The molecule has 0 saturated carbocycles. The van der Waals surface area contributed by atoms with Gasteiger partial charge in [-0.25, -0.2) is 4.98 Å². The van der Waals surface area contributed by atoms with Crippen molar-refractivity contribution in [3.63, 3.8) is 0 Å². The van der Waals surface area contributed by atoms with Gasteiger partial charge in [0, 0.05) is 24.2 Å². The molecule has 1 aromatic carbocycles. The van der Waals surface area contributed by atoms with Crippen LogP contribution in [0, 0.1) is 12.8 Å². The van der Waals surface area contributed by atoms with Gasteiger partial charge in [0.2, 0.25) is 5.91 Å². The van der Waals surface area contributed by atoms with Gasteiger partial charge in [0.25, 0.3) is 5.91 Å². The molecule has 2 amide bonds. The van der Waals surface area contributed by atoms with Crippen molar-refractivity contribution >= 4 is 28.8 Å².